The topological polar surface area (TPSA) is 29.5 Å². The van der Waals surface area contributed by atoms with E-state index >= 15 is 0 Å². The Morgan fingerprint density at radius 2 is 1.50 bits per heavy atom. The molecule has 0 N–H and O–H groups in total. The maximum absolute atomic E-state index is 12.6. The number of amides is 1. The smallest absolute Gasteiger partial charge is 0.222 e. The first-order valence-electron chi connectivity index (χ1n) is 15.2. The molecule has 4 aliphatic rings. The van der Waals surface area contributed by atoms with Crippen LogP contribution < -0.4 is 0 Å². The van der Waals surface area contributed by atoms with E-state index in [1.807, 2.05) is 0 Å². The highest BCUT2D eigenvalue weighted by atomic mass is 16.5. The molecule has 3 nitrogen and oxygen atoms in total. The number of likely N-dealkylation sites (tertiary alicyclic amines) is 1. The third-order valence-electron chi connectivity index (χ3n) is 12.1. The van der Waals surface area contributed by atoms with E-state index in [1.54, 1.807) is 0 Å². The van der Waals surface area contributed by atoms with Crippen LogP contribution in [-0.2, 0) is 9.53 Å². The SMILES string of the molecule is CC1C[C@H]2[C@@H]3CC[C@H]4N(C)C(=O)CC[C@]4(C)[C@H]3CC[C@]2(C)[C@H]1C(C)OC(c1ccccc1)c1ccccc1. The lowest BCUT2D eigenvalue weighted by Gasteiger charge is -2.62. The van der Waals surface area contributed by atoms with Crippen LogP contribution in [0, 0.1) is 40.4 Å². The van der Waals surface area contributed by atoms with Crippen LogP contribution in [0.4, 0.5) is 0 Å². The summed E-state index contributed by atoms with van der Waals surface area (Å²) < 4.78 is 7.11. The fourth-order valence-electron chi connectivity index (χ4n) is 10.5. The second-order valence-electron chi connectivity index (χ2n) is 13.8. The van der Waals surface area contributed by atoms with Crippen LogP contribution in [0.2, 0.25) is 0 Å². The third kappa shape index (κ3) is 4.07. The fourth-order valence-corrected chi connectivity index (χ4v) is 10.5. The van der Waals surface area contributed by atoms with Crippen molar-refractivity contribution in [2.24, 2.45) is 40.4 Å². The predicted octanol–water partition coefficient (Wildman–Crippen LogP) is 7.91. The van der Waals surface area contributed by atoms with E-state index in [2.05, 4.69) is 100 Å². The van der Waals surface area contributed by atoms with Gasteiger partial charge in [-0.25, -0.2) is 0 Å². The molecule has 1 heterocycles. The molecule has 204 valence electrons. The number of rotatable bonds is 5. The van der Waals surface area contributed by atoms with Gasteiger partial charge in [0.05, 0.1) is 6.10 Å². The molecule has 1 saturated heterocycles. The van der Waals surface area contributed by atoms with Crippen LogP contribution in [0.1, 0.15) is 89.9 Å². The Balaban J connectivity index is 1.26. The number of hydrogen-bond donors (Lipinski definition) is 0. The van der Waals surface area contributed by atoms with Crippen molar-refractivity contribution in [3.63, 3.8) is 0 Å². The Kier molecular flexibility index (Phi) is 6.74. The zero-order chi connectivity index (χ0) is 26.7. The van der Waals surface area contributed by atoms with Gasteiger partial charge in [0.1, 0.15) is 6.10 Å². The first-order chi connectivity index (χ1) is 18.2. The monoisotopic (exact) mass is 513 g/mol. The van der Waals surface area contributed by atoms with Crippen LogP contribution in [0.3, 0.4) is 0 Å². The molecule has 0 bridgehead atoms. The summed E-state index contributed by atoms with van der Waals surface area (Å²) in [5.74, 6) is 3.88. The van der Waals surface area contributed by atoms with E-state index in [9.17, 15) is 4.79 Å². The zero-order valence-electron chi connectivity index (χ0n) is 24.1. The molecule has 0 radical (unpaired) electrons. The first-order valence-corrected chi connectivity index (χ1v) is 15.2. The summed E-state index contributed by atoms with van der Waals surface area (Å²) in [6.07, 6.45) is 8.36. The Hall–Kier alpha value is -2.13. The molecule has 9 atom stereocenters. The molecule has 4 fully saturated rings. The molecular weight excluding hydrogens is 466 g/mol. The van der Waals surface area contributed by atoms with Crippen molar-refractivity contribution in [1.82, 2.24) is 4.90 Å². The molecule has 0 spiro atoms. The summed E-state index contributed by atoms with van der Waals surface area (Å²) in [4.78, 5) is 14.7. The Morgan fingerprint density at radius 3 is 2.13 bits per heavy atom. The summed E-state index contributed by atoms with van der Waals surface area (Å²) in [5, 5.41) is 0. The van der Waals surface area contributed by atoms with Crippen molar-refractivity contribution in [2.45, 2.75) is 90.9 Å². The van der Waals surface area contributed by atoms with Crippen LogP contribution >= 0.6 is 0 Å². The summed E-state index contributed by atoms with van der Waals surface area (Å²) in [6.45, 7) is 10.0. The van der Waals surface area contributed by atoms with E-state index in [1.165, 1.54) is 43.2 Å². The number of hydrogen-bond acceptors (Lipinski definition) is 2. The van der Waals surface area contributed by atoms with Crippen LogP contribution in [0.25, 0.3) is 0 Å². The summed E-state index contributed by atoms with van der Waals surface area (Å²) >= 11 is 0. The van der Waals surface area contributed by atoms with Gasteiger partial charge < -0.3 is 9.64 Å². The largest absolute Gasteiger partial charge is 0.366 e. The molecule has 1 aliphatic heterocycles. The van der Waals surface area contributed by atoms with E-state index < -0.39 is 0 Å². The predicted molar refractivity (Wildman–Crippen MR) is 153 cm³/mol. The summed E-state index contributed by atoms with van der Waals surface area (Å²) in [5.41, 5.74) is 3.08. The molecule has 2 aromatic rings. The Morgan fingerprint density at radius 1 is 0.868 bits per heavy atom. The van der Waals surface area contributed by atoms with Gasteiger partial charge in [-0.1, -0.05) is 81.4 Å². The van der Waals surface area contributed by atoms with Crippen LogP contribution in [0.5, 0.6) is 0 Å². The van der Waals surface area contributed by atoms with Gasteiger partial charge in [0, 0.05) is 19.5 Å². The van der Waals surface area contributed by atoms with E-state index in [-0.39, 0.29) is 17.6 Å². The maximum Gasteiger partial charge on any atom is 0.222 e. The van der Waals surface area contributed by atoms with Gasteiger partial charge in [-0.15, -0.1) is 0 Å². The second kappa shape index (κ2) is 9.81. The van der Waals surface area contributed by atoms with Gasteiger partial charge in [-0.3, -0.25) is 4.79 Å². The number of nitrogens with zero attached hydrogens (tertiary/aromatic N) is 1. The van der Waals surface area contributed by atoms with E-state index in [0.29, 0.717) is 29.2 Å². The molecule has 3 aliphatic carbocycles. The second-order valence-corrected chi connectivity index (χ2v) is 13.8. The number of fused-ring (bicyclic) bond motifs is 5. The van der Waals surface area contributed by atoms with Crippen molar-refractivity contribution < 1.29 is 9.53 Å². The van der Waals surface area contributed by atoms with Crippen molar-refractivity contribution >= 4 is 5.91 Å². The third-order valence-corrected chi connectivity index (χ3v) is 12.1. The van der Waals surface area contributed by atoms with Gasteiger partial charge in [0.2, 0.25) is 5.91 Å². The number of carbonyl (C=O) groups excluding carboxylic acids is 1. The summed E-state index contributed by atoms with van der Waals surface area (Å²) in [7, 11) is 2.07. The van der Waals surface area contributed by atoms with Crippen LogP contribution in [0.15, 0.2) is 60.7 Å². The minimum absolute atomic E-state index is 0.0387. The fraction of sp³-hybridized carbons (Fsp3) is 0.629. The van der Waals surface area contributed by atoms with E-state index in [0.717, 1.165) is 30.6 Å². The lowest BCUT2D eigenvalue weighted by molar-refractivity contribution is -0.161. The normalized spacial score (nSPS) is 39.4. The average molecular weight is 514 g/mol. The lowest BCUT2D eigenvalue weighted by atomic mass is 9.46. The number of piperidine rings is 1. The average Bonchev–Trinajstić information content (AvgIpc) is 3.20. The van der Waals surface area contributed by atoms with Gasteiger partial charge in [-0.05, 0) is 97.0 Å². The summed E-state index contributed by atoms with van der Waals surface area (Å²) in [6, 6.07) is 22.0. The Bertz CT molecular complexity index is 1090. The number of carbonyl (C=O) groups is 1. The molecule has 2 unspecified atom stereocenters. The number of benzene rings is 2. The Labute approximate surface area is 230 Å². The molecule has 38 heavy (non-hydrogen) atoms. The van der Waals surface area contributed by atoms with Gasteiger partial charge in [0.25, 0.3) is 0 Å². The van der Waals surface area contributed by atoms with Gasteiger partial charge in [-0.2, -0.15) is 0 Å². The van der Waals surface area contributed by atoms with Crippen molar-refractivity contribution in [3.05, 3.63) is 71.8 Å². The van der Waals surface area contributed by atoms with Crippen molar-refractivity contribution in [3.8, 4) is 0 Å². The van der Waals surface area contributed by atoms with Gasteiger partial charge >= 0.3 is 0 Å². The first kappa shape index (κ1) is 26.1. The van der Waals surface area contributed by atoms with E-state index in [4.69, 9.17) is 4.74 Å². The lowest BCUT2D eigenvalue weighted by Crippen LogP contribution is -2.61. The maximum atomic E-state index is 12.6. The van der Waals surface area contributed by atoms with Crippen LogP contribution in [-0.4, -0.2) is 30.0 Å². The molecule has 3 heteroatoms. The molecule has 2 aromatic carbocycles. The molecule has 3 saturated carbocycles. The minimum Gasteiger partial charge on any atom is -0.366 e. The highest BCUT2D eigenvalue weighted by Crippen LogP contribution is 2.68. The highest BCUT2D eigenvalue weighted by Gasteiger charge is 2.63. The standard InChI is InChI=1S/C35H47NO2/c1-23-22-29-27-16-17-30-34(3,21-19-31(37)36(30)5)28(27)18-20-35(29,4)32(23)24(2)38-33(25-12-8-6-9-13-25)26-14-10-7-11-15-26/h6-15,23-24,27-30,32-33H,16-22H2,1-5H3/t23?,24?,27-,28+,29+,30-,32-,34-,35+/m1/s1. The van der Waals surface area contributed by atoms with Crippen molar-refractivity contribution in [2.75, 3.05) is 7.05 Å². The number of ether oxygens (including phenoxy) is 1. The minimum atomic E-state index is -0.0387. The molecule has 6 rings (SSSR count). The van der Waals surface area contributed by atoms with Gasteiger partial charge in [0.15, 0.2) is 0 Å². The highest BCUT2D eigenvalue weighted by molar-refractivity contribution is 5.77. The zero-order valence-corrected chi connectivity index (χ0v) is 24.1. The molecule has 0 aromatic heterocycles. The van der Waals surface area contributed by atoms with Crippen molar-refractivity contribution in [1.29, 1.82) is 0 Å². The molecular formula is C35H47NO2. The quantitative estimate of drug-likeness (QED) is 0.407. The molecule has 1 amide bonds.